The zero-order valence-electron chi connectivity index (χ0n) is 8.01. The number of hydrogen-bond acceptors (Lipinski definition) is 3. The topological polar surface area (TPSA) is 43.6 Å². The Morgan fingerprint density at radius 1 is 1.54 bits per heavy atom. The Hall–Kier alpha value is -1.45. The molecule has 0 aliphatic carbocycles. The lowest BCUT2D eigenvalue weighted by Gasteiger charge is -2.19. The van der Waals surface area contributed by atoms with Crippen molar-refractivity contribution in [3.8, 4) is 0 Å². The zero-order valence-corrected chi connectivity index (χ0v) is 8.01. The van der Waals surface area contributed by atoms with Gasteiger partial charge in [0.1, 0.15) is 6.04 Å². The zero-order chi connectivity index (χ0) is 9.84. The number of tetrazole rings is 1. The minimum Gasteiger partial charge on any atom is -0.157 e. The lowest BCUT2D eigenvalue weighted by Crippen LogP contribution is -2.19. The molecule has 1 aromatic rings. The molecule has 0 N–H and O–H groups in total. The van der Waals surface area contributed by atoms with E-state index in [1.54, 1.807) is 10.9 Å². The van der Waals surface area contributed by atoms with Gasteiger partial charge in [0, 0.05) is 0 Å². The van der Waals surface area contributed by atoms with Crippen LogP contribution in [0.15, 0.2) is 31.1 Å². The largest absolute Gasteiger partial charge is 0.162 e. The van der Waals surface area contributed by atoms with Crippen LogP contribution >= 0.6 is 0 Å². The van der Waals surface area contributed by atoms with Crippen LogP contribution in [0.3, 0.4) is 0 Å². The van der Waals surface area contributed by atoms with Gasteiger partial charge in [-0.05, 0) is 16.7 Å². The second-order valence-corrected chi connectivity index (χ2v) is 3.22. The van der Waals surface area contributed by atoms with Crippen molar-refractivity contribution in [1.82, 2.24) is 20.2 Å². The van der Waals surface area contributed by atoms with Crippen molar-refractivity contribution in [1.29, 1.82) is 0 Å². The van der Waals surface area contributed by atoms with Crippen LogP contribution in [0.4, 0.5) is 0 Å². The highest BCUT2D eigenvalue weighted by atomic mass is 15.6. The summed E-state index contributed by atoms with van der Waals surface area (Å²) in [4.78, 5) is 1.56. The molecule has 1 rings (SSSR count). The van der Waals surface area contributed by atoms with Crippen molar-refractivity contribution in [2.45, 2.75) is 19.9 Å². The highest BCUT2D eigenvalue weighted by Crippen LogP contribution is 2.23. The monoisotopic (exact) mass is 178 g/mol. The van der Waals surface area contributed by atoms with Crippen molar-refractivity contribution >= 4 is 0 Å². The van der Waals surface area contributed by atoms with Gasteiger partial charge in [-0.25, -0.2) is 0 Å². The number of aromatic nitrogens is 4. The van der Waals surface area contributed by atoms with Gasteiger partial charge in [-0.1, -0.05) is 33.1 Å². The van der Waals surface area contributed by atoms with E-state index in [0.29, 0.717) is 5.92 Å². The maximum absolute atomic E-state index is 3.99. The van der Waals surface area contributed by atoms with Crippen LogP contribution in [-0.4, -0.2) is 20.2 Å². The molecule has 1 heterocycles. The van der Waals surface area contributed by atoms with Gasteiger partial charge in [0.15, 0.2) is 6.33 Å². The van der Waals surface area contributed by atoms with Crippen molar-refractivity contribution in [2.24, 2.45) is 5.92 Å². The smallest absolute Gasteiger partial charge is 0.157 e. The number of nitrogens with zero attached hydrogens (tertiary/aromatic N) is 4. The van der Waals surface area contributed by atoms with E-state index in [9.17, 15) is 0 Å². The molecule has 4 nitrogen and oxygen atoms in total. The Bertz CT molecular complexity index is 287. The van der Waals surface area contributed by atoms with E-state index in [1.165, 1.54) is 6.33 Å². The van der Waals surface area contributed by atoms with E-state index >= 15 is 0 Å². The maximum Gasteiger partial charge on any atom is 0.162 e. The third-order valence-corrected chi connectivity index (χ3v) is 1.89. The summed E-state index contributed by atoms with van der Waals surface area (Å²) in [5.74, 6) is 0.375. The molecule has 0 spiro atoms. The van der Waals surface area contributed by atoms with Gasteiger partial charge in [-0.3, -0.25) is 0 Å². The summed E-state index contributed by atoms with van der Waals surface area (Å²) in [6.45, 7) is 11.8. The molecule has 0 aromatic carbocycles. The first-order chi connectivity index (χ1) is 6.16. The van der Waals surface area contributed by atoms with Gasteiger partial charge in [-0.2, -0.15) is 4.80 Å². The number of allylic oxidation sites excluding steroid dienone is 2. The van der Waals surface area contributed by atoms with Crippen LogP contribution < -0.4 is 0 Å². The standard InChI is InChI=1S/C9H14N4/c1-5-8(4)9(7(2)3)13-11-6-10-12-13/h5-7,9H,1,4H2,2-3H3. The fourth-order valence-corrected chi connectivity index (χ4v) is 1.27. The van der Waals surface area contributed by atoms with Gasteiger partial charge < -0.3 is 0 Å². The van der Waals surface area contributed by atoms with Crippen LogP contribution in [0.2, 0.25) is 0 Å². The van der Waals surface area contributed by atoms with Gasteiger partial charge in [-0.15, -0.1) is 10.2 Å². The second kappa shape index (κ2) is 3.98. The third-order valence-electron chi connectivity index (χ3n) is 1.89. The Morgan fingerprint density at radius 2 is 2.23 bits per heavy atom. The van der Waals surface area contributed by atoms with Gasteiger partial charge >= 0.3 is 0 Å². The molecule has 1 unspecified atom stereocenters. The van der Waals surface area contributed by atoms with E-state index in [1.807, 2.05) is 0 Å². The average molecular weight is 178 g/mol. The minimum atomic E-state index is 0.0556. The molecule has 1 atom stereocenters. The molecule has 1 aromatic heterocycles. The molecule has 0 aliphatic rings. The predicted molar refractivity (Wildman–Crippen MR) is 51.0 cm³/mol. The molecule has 0 fully saturated rings. The summed E-state index contributed by atoms with van der Waals surface area (Å²) in [6.07, 6.45) is 3.15. The Kier molecular flexibility index (Phi) is 2.95. The molecule has 4 heteroatoms. The predicted octanol–water partition coefficient (Wildman–Crippen LogP) is 1.61. The van der Waals surface area contributed by atoms with Crippen molar-refractivity contribution in [3.05, 3.63) is 31.1 Å². The molecule has 0 aliphatic heterocycles. The normalized spacial score (nSPS) is 12.8. The van der Waals surface area contributed by atoms with Crippen LogP contribution in [0, 0.1) is 5.92 Å². The SMILES string of the molecule is C=CC(=C)C(C(C)C)n1ncnn1. The molecule has 0 saturated heterocycles. The second-order valence-electron chi connectivity index (χ2n) is 3.22. The molecule has 13 heavy (non-hydrogen) atoms. The Morgan fingerprint density at radius 3 is 2.62 bits per heavy atom. The fraction of sp³-hybridized carbons (Fsp3) is 0.444. The summed E-state index contributed by atoms with van der Waals surface area (Å²) in [7, 11) is 0. The summed E-state index contributed by atoms with van der Waals surface area (Å²) in [5, 5.41) is 11.5. The van der Waals surface area contributed by atoms with Crippen LogP contribution in [0.5, 0.6) is 0 Å². The number of hydrogen-bond donors (Lipinski definition) is 0. The highest BCUT2D eigenvalue weighted by Gasteiger charge is 2.18. The van der Waals surface area contributed by atoms with E-state index in [-0.39, 0.29) is 6.04 Å². The van der Waals surface area contributed by atoms with Gasteiger partial charge in [0.2, 0.25) is 0 Å². The molecule has 0 bridgehead atoms. The summed E-state index contributed by atoms with van der Waals surface area (Å²) in [6, 6.07) is 0.0556. The lowest BCUT2D eigenvalue weighted by atomic mass is 9.98. The quantitative estimate of drug-likeness (QED) is 0.658. The number of rotatable bonds is 4. The summed E-state index contributed by atoms with van der Waals surface area (Å²) >= 11 is 0. The Balaban J connectivity index is 2.93. The third kappa shape index (κ3) is 2.02. The van der Waals surface area contributed by atoms with E-state index in [0.717, 1.165) is 5.57 Å². The summed E-state index contributed by atoms with van der Waals surface area (Å²) in [5.41, 5.74) is 0.910. The molecule has 0 radical (unpaired) electrons. The molecular weight excluding hydrogens is 164 g/mol. The Labute approximate surface area is 78.0 Å². The van der Waals surface area contributed by atoms with Gasteiger partial charge in [0.25, 0.3) is 0 Å². The van der Waals surface area contributed by atoms with E-state index < -0.39 is 0 Å². The van der Waals surface area contributed by atoms with Crippen LogP contribution in [0.25, 0.3) is 0 Å². The first-order valence-corrected chi connectivity index (χ1v) is 4.20. The minimum absolute atomic E-state index is 0.0556. The highest BCUT2D eigenvalue weighted by molar-refractivity contribution is 5.17. The van der Waals surface area contributed by atoms with Crippen LogP contribution in [-0.2, 0) is 0 Å². The first kappa shape index (κ1) is 9.64. The van der Waals surface area contributed by atoms with Crippen molar-refractivity contribution in [3.63, 3.8) is 0 Å². The van der Waals surface area contributed by atoms with Crippen molar-refractivity contribution in [2.75, 3.05) is 0 Å². The van der Waals surface area contributed by atoms with E-state index in [4.69, 9.17) is 0 Å². The van der Waals surface area contributed by atoms with E-state index in [2.05, 4.69) is 42.4 Å². The molecular formula is C9H14N4. The molecule has 70 valence electrons. The molecule has 0 amide bonds. The first-order valence-electron chi connectivity index (χ1n) is 4.20. The average Bonchev–Trinajstić information content (AvgIpc) is 2.56. The maximum atomic E-state index is 3.99. The summed E-state index contributed by atoms with van der Waals surface area (Å²) < 4.78 is 0. The van der Waals surface area contributed by atoms with Crippen molar-refractivity contribution < 1.29 is 0 Å². The van der Waals surface area contributed by atoms with Crippen LogP contribution in [0.1, 0.15) is 19.9 Å². The molecule has 0 saturated carbocycles. The fourth-order valence-electron chi connectivity index (χ4n) is 1.27. The van der Waals surface area contributed by atoms with Gasteiger partial charge in [0.05, 0.1) is 0 Å². The lowest BCUT2D eigenvalue weighted by molar-refractivity contribution is 0.358.